The number of anilines is 1. The molecule has 0 fully saturated rings. The van der Waals surface area contributed by atoms with Gasteiger partial charge in [0.1, 0.15) is 23.1 Å². The lowest BCUT2D eigenvalue weighted by molar-refractivity contribution is -0.122. The van der Waals surface area contributed by atoms with Crippen LogP contribution in [0.4, 0.5) is 14.5 Å². The molecule has 1 N–H and O–H groups in total. The van der Waals surface area contributed by atoms with Crippen LogP contribution in [0.1, 0.15) is 6.92 Å². The summed E-state index contributed by atoms with van der Waals surface area (Å²) in [7, 11) is 0. The molecule has 3 nitrogen and oxygen atoms in total. The van der Waals surface area contributed by atoms with Crippen molar-refractivity contribution >= 4 is 23.2 Å². The predicted octanol–water partition coefficient (Wildman–Crippen LogP) is 4.02. The minimum Gasteiger partial charge on any atom is -0.479 e. The normalized spacial score (nSPS) is 11.8. The maximum Gasteiger partial charge on any atom is 0.265 e. The van der Waals surface area contributed by atoms with Gasteiger partial charge in [-0.3, -0.25) is 4.79 Å². The Morgan fingerprint density at radius 1 is 1.14 bits per heavy atom. The number of amides is 1. The van der Waals surface area contributed by atoms with E-state index in [1.807, 2.05) is 0 Å². The molecule has 0 aliphatic rings. The quantitative estimate of drug-likeness (QED) is 0.926. The Labute approximate surface area is 125 Å². The average Bonchev–Trinajstić information content (AvgIpc) is 2.45. The number of halogens is 3. The second-order valence-electron chi connectivity index (χ2n) is 4.28. The van der Waals surface area contributed by atoms with Gasteiger partial charge in [-0.2, -0.15) is 0 Å². The lowest BCUT2D eigenvalue weighted by atomic mass is 10.2. The summed E-state index contributed by atoms with van der Waals surface area (Å²) in [5, 5.41) is 2.50. The van der Waals surface area contributed by atoms with E-state index in [0.29, 0.717) is 10.8 Å². The molecule has 0 heterocycles. The first-order valence-electron chi connectivity index (χ1n) is 6.15. The van der Waals surface area contributed by atoms with Crippen LogP contribution < -0.4 is 10.1 Å². The maximum atomic E-state index is 13.4. The van der Waals surface area contributed by atoms with E-state index in [2.05, 4.69) is 5.32 Å². The van der Waals surface area contributed by atoms with Gasteiger partial charge >= 0.3 is 0 Å². The molecule has 0 saturated carbocycles. The predicted molar refractivity (Wildman–Crippen MR) is 76.5 cm³/mol. The zero-order valence-corrected chi connectivity index (χ0v) is 11.8. The minimum absolute atomic E-state index is 0.316. The summed E-state index contributed by atoms with van der Waals surface area (Å²) >= 11 is 5.91. The van der Waals surface area contributed by atoms with Gasteiger partial charge in [0.05, 0.1) is 5.02 Å². The fourth-order valence-corrected chi connectivity index (χ4v) is 1.81. The van der Waals surface area contributed by atoms with Crippen molar-refractivity contribution in [3.63, 3.8) is 0 Å². The number of rotatable bonds is 4. The zero-order chi connectivity index (χ0) is 15.4. The van der Waals surface area contributed by atoms with Crippen molar-refractivity contribution in [2.75, 3.05) is 5.32 Å². The molecular weight excluding hydrogens is 300 g/mol. The highest BCUT2D eigenvalue weighted by atomic mass is 35.5. The van der Waals surface area contributed by atoms with Gasteiger partial charge in [0.25, 0.3) is 5.91 Å². The van der Waals surface area contributed by atoms with Crippen LogP contribution in [-0.2, 0) is 4.79 Å². The van der Waals surface area contributed by atoms with Gasteiger partial charge in [0.15, 0.2) is 6.10 Å². The van der Waals surface area contributed by atoms with Crippen molar-refractivity contribution in [3.05, 3.63) is 59.1 Å². The van der Waals surface area contributed by atoms with Crippen LogP contribution in [0.25, 0.3) is 0 Å². The van der Waals surface area contributed by atoms with Gasteiger partial charge in [-0.25, -0.2) is 8.78 Å². The average molecular weight is 312 g/mol. The topological polar surface area (TPSA) is 38.3 Å². The van der Waals surface area contributed by atoms with Gasteiger partial charge in [0, 0.05) is 0 Å². The lowest BCUT2D eigenvalue weighted by Gasteiger charge is -2.16. The van der Waals surface area contributed by atoms with Gasteiger partial charge < -0.3 is 10.1 Å². The van der Waals surface area contributed by atoms with Crippen LogP contribution in [0.2, 0.25) is 5.02 Å². The van der Waals surface area contributed by atoms with E-state index in [1.165, 1.54) is 13.0 Å². The summed E-state index contributed by atoms with van der Waals surface area (Å²) < 4.78 is 32.3. The number of carbonyl (C=O) groups is 1. The molecule has 0 spiro atoms. The number of hydrogen-bond acceptors (Lipinski definition) is 2. The van der Waals surface area contributed by atoms with Gasteiger partial charge in [-0.05, 0) is 31.2 Å². The Hall–Kier alpha value is -2.14. The first-order chi connectivity index (χ1) is 9.99. The first kappa shape index (κ1) is 15.3. The van der Waals surface area contributed by atoms with E-state index in [0.717, 1.165) is 12.1 Å². The summed E-state index contributed by atoms with van der Waals surface area (Å²) in [6.07, 6.45) is -0.969. The molecular formula is C15H12ClF2NO2. The zero-order valence-electron chi connectivity index (χ0n) is 11.1. The number of nitrogens with one attached hydrogen (secondary N) is 1. The molecule has 0 unspecified atom stereocenters. The van der Waals surface area contributed by atoms with Crippen molar-refractivity contribution in [1.29, 1.82) is 0 Å². The molecule has 2 aromatic carbocycles. The molecule has 6 heteroatoms. The smallest absolute Gasteiger partial charge is 0.265 e. The van der Waals surface area contributed by atoms with Crippen LogP contribution in [0.15, 0.2) is 42.5 Å². The number of para-hydroxylation sites is 2. The summed E-state index contributed by atoms with van der Waals surface area (Å²) in [5.74, 6) is -2.07. The molecule has 21 heavy (non-hydrogen) atoms. The van der Waals surface area contributed by atoms with E-state index in [9.17, 15) is 13.6 Å². The van der Waals surface area contributed by atoms with Crippen molar-refractivity contribution in [2.45, 2.75) is 13.0 Å². The molecule has 2 aromatic rings. The van der Waals surface area contributed by atoms with Crippen LogP contribution in [0, 0.1) is 11.6 Å². The molecule has 0 aromatic heterocycles. The van der Waals surface area contributed by atoms with Crippen molar-refractivity contribution < 1.29 is 18.3 Å². The van der Waals surface area contributed by atoms with E-state index in [-0.39, 0.29) is 0 Å². The molecule has 0 bridgehead atoms. The molecule has 110 valence electrons. The van der Waals surface area contributed by atoms with E-state index in [1.54, 1.807) is 24.3 Å². The highest BCUT2D eigenvalue weighted by Gasteiger charge is 2.19. The number of hydrogen-bond donors (Lipinski definition) is 1. The molecule has 1 amide bonds. The van der Waals surface area contributed by atoms with E-state index < -0.39 is 29.3 Å². The van der Waals surface area contributed by atoms with Gasteiger partial charge in [0.2, 0.25) is 0 Å². The monoisotopic (exact) mass is 311 g/mol. The lowest BCUT2D eigenvalue weighted by Crippen LogP contribution is -2.30. The second kappa shape index (κ2) is 6.54. The third-order valence-corrected chi connectivity index (χ3v) is 3.03. The van der Waals surface area contributed by atoms with Gasteiger partial charge in [-0.15, -0.1) is 0 Å². The fraction of sp³-hybridized carbons (Fsp3) is 0.133. The Balaban J connectivity index is 2.08. The Morgan fingerprint density at radius 3 is 2.38 bits per heavy atom. The van der Waals surface area contributed by atoms with Crippen LogP contribution in [0.5, 0.6) is 5.75 Å². The highest BCUT2D eigenvalue weighted by Crippen LogP contribution is 2.25. The maximum absolute atomic E-state index is 13.4. The minimum atomic E-state index is -0.969. The molecule has 0 aliphatic heterocycles. The molecule has 1 atom stereocenters. The number of carbonyl (C=O) groups excluding carboxylic acids is 1. The fourth-order valence-electron chi connectivity index (χ4n) is 1.63. The third-order valence-electron chi connectivity index (χ3n) is 2.72. The first-order valence-corrected chi connectivity index (χ1v) is 6.53. The molecule has 0 saturated heterocycles. The standard InChI is InChI=1S/C15H12ClF2NO2/c1-9(21-13-8-3-2-5-10(13)16)15(20)19-14-11(17)6-4-7-12(14)18/h2-9H,1H3,(H,19,20)/t9-/m0/s1. The highest BCUT2D eigenvalue weighted by molar-refractivity contribution is 6.32. The number of benzene rings is 2. The van der Waals surface area contributed by atoms with Crippen molar-refractivity contribution in [1.82, 2.24) is 0 Å². The Kier molecular flexibility index (Phi) is 4.75. The summed E-state index contributed by atoms with van der Waals surface area (Å²) in [6.45, 7) is 1.46. The van der Waals surface area contributed by atoms with Crippen LogP contribution >= 0.6 is 11.6 Å². The second-order valence-corrected chi connectivity index (χ2v) is 4.68. The molecule has 2 rings (SSSR count). The summed E-state index contributed by atoms with van der Waals surface area (Å²) in [5.41, 5.74) is -0.503. The Bertz CT molecular complexity index is 644. The van der Waals surface area contributed by atoms with E-state index in [4.69, 9.17) is 16.3 Å². The third kappa shape index (κ3) is 3.70. The molecule has 0 aliphatic carbocycles. The molecule has 0 radical (unpaired) electrons. The Morgan fingerprint density at radius 2 is 1.76 bits per heavy atom. The van der Waals surface area contributed by atoms with Crippen molar-refractivity contribution in [2.24, 2.45) is 0 Å². The largest absolute Gasteiger partial charge is 0.479 e. The SMILES string of the molecule is C[C@H](Oc1ccccc1Cl)C(=O)Nc1c(F)cccc1F. The van der Waals surface area contributed by atoms with Crippen molar-refractivity contribution in [3.8, 4) is 5.75 Å². The van der Waals surface area contributed by atoms with Crippen LogP contribution in [0.3, 0.4) is 0 Å². The van der Waals surface area contributed by atoms with Gasteiger partial charge in [-0.1, -0.05) is 29.8 Å². The number of ether oxygens (including phenoxy) is 1. The summed E-state index contributed by atoms with van der Waals surface area (Å²) in [4.78, 5) is 11.9. The summed E-state index contributed by atoms with van der Waals surface area (Å²) in [6, 6.07) is 9.94. The van der Waals surface area contributed by atoms with E-state index >= 15 is 0 Å². The van der Waals surface area contributed by atoms with Crippen LogP contribution in [-0.4, -0.2) is 12.0 Å².